The van der Waals surface area contributed by atoms with Crippen LogP contribution < -0.4 is 10.1 Å². The average molecular weight is 245 g/mol. The molecule has 18 heavy (non-hydrogen) atoms. The minimum atomic E-state index is 0.260. The van der Waals surface area contributed by atoms with Crippen molar-refractivity contribution in [3.05, 3.63) is 42.0 Å². The van der Waals surface area contributed by atoms with Gasteiger partial charge in [0, 0.05) is 6.04 Å². The van der Waals surface area contributed by atoms with Gasteiger partial charge in [-0.25, -0.2) is 0 Å². The summed E-state index contributed by atoms with van der Waals surface area (Å²) in [4.78, 5) is 0. The second-order valence-electron chi connectivity index (χ2n) is 4.83. The molecule has 2 nitrogen and oxygen atoms in total. The maximum Gasteiger partial charge on any atom is 0.120 e. The molecule has 98 valence electrons. The molecule has 1 aliphatic carbocycles. The molecule has 0 heterocycles. The molecule has 0 saturated heterocycles. The standard InChI is InChI=1S/C16H23NO/c1-3-16(17-2)13-9-11-15(12-10-13)18-14-7-5-4-6-8-14/h5,7,9-12,14,16-17H,3-4,6,8H2,1-2H3. The summed E-state index contributed by atoms with van der Waals surface area (Å²) in [5, 5.41) is 3.32. The van der Waals surface area contributed by atoms with Gasteiger partial charge in [-0.3, -0.25) is 0 Å². The van der Waals surface area contributed by atoms with Crippen LogP contribution in [0.1, 0.15) is 44.2 Å². The Morgan fingerprint density at radius 2 is 2.11 bits per heavy atom. The summed E-state index contributed by atoms with van der Waals surface area (Å²) < 4.78 is 5.95. The zero-order chi connectivity index (χ0) is 12.8. The number of hydrogen-bond donors (Lipinski definition) is 1. The van der Waals surface area contributed by atoms with Crippen molar-refractivity contribution in [2.75, 3.05) is 7.05 Å². The van der Waals surface area contributed by atoms with E-state index in [1.165, 1.54) is 18.4 Å². The predicted octanol–water partition coefficient (Wildman–Crippen LogP) is 3.84. The number of nitrogens with one attached hydrogen (secondary N) is 1. The Morgan fingerprint density at radius 3 is 2.67 bits per heavy atom. The van der Waals surface area contributed by atoms with E-state index in [1.807, 2.05) is 7.05 Å². The van der Waals surface area contributed by atoms with E-state index < -0.39 is 0 Å². The van der Waals surface area contributed by atoms with E-state index in [2.05, 4.69) is 48.7 Å². The van der Waals surface area contributed by atoms with Crippen molar-refractivity contribution in [3.8, 4) is 5.75 Å². The Kier molecular flexibility index (Phi) is 4.82. The Morgan fingerprint density at radius 1 is 1.33 bits per heavy atom. The fraction of sp³-hybridized carbons (Fsp3) is 0.500. The van der Waals surface area contributed by atoms with Gasteiger partial charge >= 0.3 is 0 Å². The van der Waals surface area contributed by atoms with Gasteiger partial charge in [-0.2, -0.15) is 0 Å². The van der Waals surface area contributed by atoms with Crippen LogP contribution in [0.4, 0.5) is 0 Å². The zero-order valence-corrected chi connectivity index (χ0v) is 11.4. The van der Waals surface area contributed by atoms with E-state index in [4.69, 9.17) is 4.74 Å². The van der Waals surface area contributed by atoms with E-state index in [9.17, 15) is 0 Å². The van der Waals surface area contributed by atoms with Gasteiger partial charge in [0.15, 0.2) is 0 Å². The summed E-state index contributed by atoms with van der Waals surface area (Å²) in [6.45, 7) is 2.19. The van der Waals surface area contributed by atoms with Crippen molar-refractivity contribution in [1.82, 2.24) is 5.32 Å². The maximum atomic E-state index is 5.95. The van der Waals surface area contributed by atoms with Gasteiger partial charge in [-0.1, -0.05) is 25.1 Å². The molecular formula is C16H23NO. The maximum absolute atomic E-state index is 5.95. The van der Waals surface area contributed by atoms with E-state index >= 15 is 0 Å². The van der Waals surface area contributed by atoms with Crippen LogP contribution >= 0.6 is 0 Å². The third-order valence-electron chi connectivity index (χ3n) is 3.54. The molecule has 0 fully saturated rings. The second-order valence-corrected chi connectivity index (χ2v) is 4.83. The van der Waals surface area contributed by atoms with E-state index in [1.54, 1.807) is 0 Å². The van der Waals surface area contributed by atoms with Crippen LogP contribution in [0.25, 0.3) is 0 Å². The van der Waals surface area contributed by atoms with Gasteiger partial charge < -0.3 is 10.1 Å². The normalized spacial score (nSPS) is 20.7. The largest absolute Gasteiger partial charge is 0.486 e. The van der Waals surface area contributed by atoms with Crippen molar-refractivity contribution in [1.29, 1.82) is 0 Å². The molecular weight excluding hydrogens is 222 g/mol. The van der Waals surface area contributed by atoms with Gasteiger partial charge in [0.2, 0.25) is 0 Å². The lowest BCUT2D eigenvalue weighted by Gasteiger charge is -2.19. The van der Waals surface area contributed by atoms with Crippen LogP contribution in [0.2, 0.25) is 0 Å². The first-order valence-corrected chi connectivity index (χ1v) is 6.94. The van der Waals surface area contributed by atoms with E-state index in [-0.39, 0.29) is 6.10 Å². The summed E-state index contributed by atoms with van der Waals surface area (Å²) >= 11 is 0. The van der Waals surface area contributed by atoms with Gasteiger partial charge in [0.25, 0.3) is 0 Å². The fourth-order valence-corrected chi connectivity index (χ4v) is 2.44. The molecule has 0 aliphatic heterocycles. The van der Waals surface area contributed by atoms with Crippen LogP contribution in [0.3, 0.4) is 0 Å². The molecule has 2 atom stereocenters. The lowest BCUT2D eigenvalue weighted by atomic mass is 10.0. The second kappa shape index (κ2) is 6.60. The SMILES string of the molecule is CCC(NC)c1ccc(OC2C=CCCC2)cc1. The van der Waals surface area contributed by atoms with Crippen LogP contribution in [0.15, 0.2) is 36.4 Å². The summed E-state index contributed by atoms with van der Waals surface area (Å²) in [6.07, 6.45) is 9.32. The molecule has 2 unspecified atom stereocenters. The first-order chi connectivity index (χ1) is 8.83. The summed E-state index contributed by atoms with van der Waals surface area (Å²) in [6, 6.07) is 8.92. The van der Waals surface area contributed by atoms with Crippen molar-refractivity contribution in [3.63, 3.8) is 0 Å². The monoisotopic (exact) mass is 245 g/mol. The zero-order valence-electron chi connectivity index (χ0n) is 11.4. The molecule has 0 amide bonds. The summed E-state index contributed by atoms with van der Waals surface area (Å²) in [5.41, 5.74) is 1.33. The number of benzene rings is 1. The van der Waals surface area contributed by atoms with E-state index in [0.717, 1.165) is 18.6 Å². The van der Waals surface area contributed by atoms with Gasteiger partial charge in [0.05, 0.1) is 0 Å². The minimum absolute atomic E-state index is 0.260. The molecule has 0 bridgehead atoms. The Bertz CT molecular complexity index is 379. The Hall–Kier alpha value is -1.28. The molecule has 0 radical (unpaired) electrons. The highest BCUT2D eigenvalue weighted by Crippen LogP contribution is 2.22. The lowest BCUT2D eigenvalue weighted by Crippen LogP contribution is -2.16. The Labute approximate surface area is 110 Å². The smallest absolute Gasteiger partial charge is 0.120 e. The highest BCUT2D eigenvalue weighted by atomic mass is 16.5. The van der Waals surface area contributed by atoms with Crippen LogP contribution in [-0.2, 0) is 0 Å². The fourth-order valence-electron chi connectivity index (χ4n) is 2.44. The third kappa shape index (κ3) is 3.36. The first kappa shape index (κ1) is 13.2. The van der Waals surface area contributed by atoms with Crippen molar-refractivity contribution in [2.45, 2.75) is 44.8 Å². The number of hydrogen-bond acceptors (Lipinski definition) is 2. The quantitative estimate of drug-likeness (QED) is 0.796. The topological polar surface area (TPSA) is 21.3 Å². The molecule has 0 aromatic heterocycles. The Balaban J connectivity index is 1.98. The molecule has 2 heteroatoms. The van der Waals surface area contributed by atoms with Crippen LogP contribution in [0, 0.1) is 0 Å². The van der Waals surface area contributed by atoms with Crippen molar-refractivity contribution >= 4 is 0 Å². The number of ether oxygens (including phenoxy) is 1. The van der Waals surface area contributed by atoms with Gasteiger partial charge in [-0.15, -0.1) is 0 Å². The highest BCUT2D eigenvalue weighted by Gasteiger charge is 2.10. The number of rotatable bonds is 5. The van der Waals surface area contributed by atoms with Crippen LogP contribution in [-0.4, -0.2) is 13.2 Å². The van der Waals surface area contributed by atoms with E-state index in [0.29, 0.717) is 6.04 Å². The molecule has 2 rings (SSSR count). The van der Waals surface area contributed by atoms with Crippen LogP contribution in [0.5, 0.6) is 5.75 Å². The number of allylic oxidation sites excluding steroid dienone is 1. The van der Waals surface area contributed by atoms with Crippen molar-refractivity contribution < 1.29 is 4.74 Å². The van der Waals surface area contributed by atoms with Crippen molar-refractivity contribution in [2.24, 2.45) is 0 Å². The lowest BCUT2D eigenvalue weighted by molar-refractivity contribution is 0.230. The highest BCUT2D eigenvalue weighted by molar-refractivity contribution is 5.29. The predicted molar refractivity (Wildman–Crippen MR) is 75.9 cm³/mol. The average Bonchev–Trinajstić information content (AvgIpc) is 2.43. The summed E-state index contributed by atoms with van der Waals surface area (Å²) in [7, 11) is 2.01. The third-order valence-corrected chi connectivity index (χ3v) is 3.54. The molecule has 1 aromatic rings. The molecule has 1 aromatic carbocycles. The first-order valence-electron chi connectivity index (χ1n) is 6.94. The van der Waals surface area contributed by atoms with Gasteiger partial charge in [0.1, 0.15) is 11.9 Å². The van der Waals surface area contributed by atoms with Gasteiger partial charge in [-0.05, 0) is 56.5 Å². The molecule has 1 aliphatic rings. The molecule has 0 spiro atoms. The molecule has 1 N–H and O–H groups in total. The minimum Gasteiger partial charge on any atom is -0.486 e. The summed E-state index contributed by atoms with van der Waals surface area (Å²) in [5.74, 6) is 0.973. The molecule has 0 saturated carbocycles.